The zero-order valence-corrected chi connectivity index (χ0v) is 19.4. The van der Waals surface area contributed by atoms with Crippen molar-refractivity contribution < 1.29 is 17.9 Å². The molecule has 33 heavy (non-hydrogen) atoms. The number of thiophene rings is 1. The highest BCUT2D eigenvalue weighted by Crippen LogP contribution is 2.30. The maximum absolute atomic E-state index is 13.3. The van der Waals surface area contributed by atoms with Gasteiger partial charge in [0.15, 0.2) is 0 Å². The first-order chi connectivity index (χ1) is 15.9. The first-order valence-corrected chi connectivity index (χ1v) is 12.2. The summed E-state index contributed by atoms with van der Waals surface area (Å²) in [6, 6.07) is 15.0. The molecular formula is C21H20N6O4S2. The molecule has 2 heterocycles. The number of carbonyl (C=O) groups is 1. The lowest BCUT2D eigenvalue weighted by molar-refractivity contribution is 0.102. The molecule has 0 fully saturated rings. The van der Waals surface area contributed by atoms with Gasteiger partial charge in [0.1, 0.15) is 15.5 Å². The van der Waals surface area contributed by atoms with E-state index >= 15 is 0 Å². The molecule has 0 atom stereocenters. The number of aromatic amines is 1. The Labute approximate surface area is 194 Å². The Morgan fingerprint density at radius 3 is 2.67 bits per heavy atom. The van der Waals surface area contributed by atoms with Crippen LogP contribution in [-0.2, 0) is 10.0 Å². The average molecular weight is 485 g/mol. The van der Waals surface area contributed by atoms with Crippen molar-refractivity contribution in [3.63, 3.8) is 0 Å². The number of ether oxygens (including phenoxy) is 1. The number of carbonyl (C=O) groups excluding carboxylic acids is 1. The van der Waals surface area contributed by atoms with Crippen molar-refractivity contribution in [2.24, 2.45) is 0 Å². The van der Waals surface area contributed by atoms with Crippen LogP contribution in [0.1, 0.15) is 16.6 Å². The van der Waals surface area contributed by atoms with Crippen LogP contribution in [0.5, 0.6) is 5.75 Å². The van der Waals surface area contributed by atoms with Gasteiger partial charge in [0.2, 0.25) is 5.82 Å². The number of tetrazole rings is 1. The van der Waals surface area contributed by atoms with Gasteiger partial charge in [-0.3, -0.25) is 9.10 Å². The van der Waals surface area contributed by atoms with E-state index in [0.29, 0.717) is 35.1 Å². The van der Waals surface area contributed by atoms with Gasteiger partial charge in [-0.05, 0) is 60.0 Å². The Morgan fingerprint density at radius 1 is 1.18 bits per heavy atom. The summed E-state index contributed by atoms with van der Waals surface area (Å²) in [7, 11) is -2.53. The van der Waals surface area contributed by atoms with Crippen molar-refractivity contribution in [2.45, 2.75) is 11.8 Å². The third-order valence-corrected chi connectivity index (χ3v) is 7.58. The number of hydrogen-bond acceptors (Lipinski definition) is 8. The van der Waals surface area contributed by atoms with Gasteiger partial charge in [0, 0.05) is 18.3 Å². The second-order valence-corrected chi connectivity index (χ2v) is 9.64. The summed E-state index contributed by atoms with van der Waals surface area (Å²) in [6.07, 6.45) is 0. The third-order valence-electron chi connectivity index (χ3n) is 4.71. The first-order valence-electron chi connectivity index (χ1n) is 9.84. The van der Waals surface area contributed by atoms with Gasteiger partial charge < -0.3 is 10.1 Å². The average Bonchev–Trinajstić information content (AvgIpc) is 3.52. The minimum atomic E-state index is -3.98. The number of nitrogens with one attached hydrogen (secondary N) is 2. The van der Waals surface area contributed by atoms with Crippen LogP contribution in [0.2, 0.25) is 0 Å². The highest BCUT2D eigenvalue weighted by Gasteiger charge is 2.28. The zero-order chi connectivity index (χ0) is 23.4. The molecule has 1 amide bonds. The molecule has 12 heteroatoms. The first kappa shape index (κ1) is 22.4. The number of rotatable bonds is 8. The highest BCUT2D eigenvalue weighted by atomic mass is 32.2. The molecule has 2 aromatic carbocycles. The second kappa shape index (κ2) is 9.38. The molecule has 4 rings (SSSR count). The van der Waals surface area contributed by atoms with Crippen molar-refractivity contribution in [1.82, 2.24) is 20.6 Å². The number of nitrogens with zero attached hydrogens (tertiary/aromatic N) is 4. The molecule has 2 aromatic heterocycles. The van der Waals surface area contributed by atoms with Gasteiger partial charge in [0.25, 0.3) is 15.9 Å². The quantitative estimate of drug-likeness (QED) is 0.392. The van der Waals surface area contributed by atoms with Gasteiger partial charge >= 0.3 is 0 Å². The maximum Gasteiger partial charge on any atom is 0.267 e. The van der Waals surface area contributed by atoms with E-state index < -0.39 is 15.9 Å². The standard InChI is InChI=1S/C21H20N6O4S2/c1-3-31-17-9-7-16(8-10-17)27(2)33(29,30)18-11-12-32-19(18)21(28)22-15-6-4-5-14(13-15)20-23-25-26-24-20/h4-13H,3H2,1-2H3,(H,22,28)(H,23,24,25,26). The summed E-state index contributed by atoms with van der Waals surface area (Å²) in [5, 5.41) is 18.0. The number of amides is 1. The van der Waals surface area contributed by atoms with Crippen LogP contribution in [0.3, 0.4) is 0 Å². The molecule has 0 unspecified atom stereocenters. The van der Waals surface area contributed by atoms with Gasteiger partial charge in [-0.15, -0.1) is 21.5 Å². The van der Waals surface area contributed by atoms with Crippen LogP contribution in [0.15, 0.2) is 64.9 Å². The summed E-state index contributed by atoms with van der Waals surface area (Å²) in [4.78, 5) is 13.0. The van der Waals surface area contributed by atoms with Crippen LogP contribution in [-0.4, -0.2) is 48.6 Å². The van der Waals surface area contributed by atoms with E-state index in [1.807, 2.05) is 6.92 Å². The lowest BCUT2D eigenvalue weighted by Gasteiger charge is -2.20. The summed E-state index contributed by atoms with van der Waals surface area (Å²) < 4.78 is 33.1. The van der Waals surface area contributed by atoms with Gasteiger partial charge in [0.05, 0.1) is 12.3 Å². The molecule has 0 spiro atoms. The molecule has 0 aliphatic rings. The molecular weight excluding hydrogens is 464 g/mol. The fourth-order valence-corrected chi connectivity index (χ4v) is 5.57. The molecule has 4 aromatic rings. The molecule has 10 nitrogen and oxygen atoms in total. The normalized spacial score (nSPS) is 11.2. The number of benzene rings is 2. The Kier molecular flexibility index (Phi) is 6.38. The summed E-state index contributed by atoms with van der Waals surface area (Å²) >= 11 is 1.05. The van der Waals surface area contributed by atoms with E-state index in [0.717, 1.165) is 15.6 Å². The number of H-pyrrole nitrogens is 1. The molecule has 0 saturated carbocycles. The topological polar surface area (TPSA) is 130 Å². The smallest absolute Gasteiger partial charge is 0.267 e. The largest absolute Gasteiger partial charge is 0.494 e. The zero-order valence-electron chi connectivity index (χ0n) is 17.7. The minimum absolute atomic E-state index is 0.0734. The van der Waals surface area contributed by atoms with Crippen LogP contribution in [0.4, 0.5) is 11.4 Å². The Balaban J connectivity index is 1.56. The Hall–Kier alpha value is -3.77. The summed E-state index contributed by atoms with van der Waals surface area (Å²) in [6.45, 7) is 2.38. The molecule has 0 aliphatic heterocycles. The van der Waals surface area contributed by atoms with Gasteiger partial charge in [-0.25, -0.2) is 8.42 Å². The third kappa shape index (κ3) is 4.71. The van der Waals surface area contributed by atoms with Crippen LogP contribution >= 0.6 is 11.3 Å². The van der Waals surface area contributed by atoms with E-state index in [1.54, 1.807) is 53.9 Å². The Morgan fingerprint density at radius 2 is 1.97 bits per heavy atom. The highest BCUT2D eigenvalue weighted by molar-refractivity contribution is 7.93. The SMILES string of the molecule is CCOc1ccc(N(C)S(=O)(=O)c2ccsc2C(=O)Nc2cccc(-c3nn[nH]n3)c2)cc1. The number of hydrogen-bond donors (Lipinski definition) is 2. The Bertz CT molecular complexity index is 1350. The second-order valence-electron chi connectivity index (χ2n) is 6.78. The van der Waals surface area contributed by atoms with Crippen molar-refractivity contribution in [3.8, 4) is 17.1 Å². The van der Waals surface area contributed by atoms with Crippen molar-refractivity contribution in [3.05, 3.63) is 64.9 Å². The predicted molar refractivity (Wildman–Crippen MR) is 125 cm³/mol. The molecule has 0 aliphatic carbocycles. The minimum Gasteiger partial charge on any atom is -0.494 e. The predicted octanol–water partition coefficient (Wildman–Crippen LogP) is 3.40. The number of sulfonamides is 1. The van der Waals surface area contributed by atoms with Crippen molar-refractivity contribution in [2.75, 3.05) is 23.3 Å². The van der Waals surface area contributed by atoms with Crippen molar-refractivity contribution in [1.29, 1.82) is 0 Å². The van der Waals surface area contributed by atoms with E-state index in [1.165, 1.54) is 13.1 Å². The molecule has 2 N–H and O–H groups in total. The van der Waals surface area contributed by atoms with E-state index in [2.05, 4.69) is 25.9 Å². The lowest BCUT2D eigenvalue weighted by atomic mass is 10.2. The summed E-state index contributed by atoms with van der Waals surface area (Å²) in [5.41, 5.74) is 1.57. The molecule has 170 valence electrons. The number of aromatic nitrogens is 4. The monoisotopic (exact) mass is 484 g/mol. The lowest BCUT2D eigenvalue weighted by Crippen LogP contribution is -2.28. The fourth-order valence-electron chi connectivity index (χ4n) is 3.08. The van der Waals surface area contributed by atoms with Gasteiger partial charge in [-0.2, -0.15) is 5.21 Å². The van der Waals surface area contributed by atoms with E-state index in [4.69, 9.17) is 4.74 Å². The van der Waals surface area contributed by atoms with Crippen LogP contribution in [0.25, 0.3) is 11.4 Å². The van der Waals surface area contributed by atoms with E-state index in [9.17, 15) is 13.2 Å². The van der Waals surface area contributed by atoms with Crippen molar-refractivity contribution >= 4 is 38.6 Å². The van der Waals surface area contributed by atoms with Crippen LogP contribution in [0, 0.1) is 0 Å². The molecule has 0 radical (unpaired) electrons. The molecule has 0 saturated heterocycles. The summed E-state index contributed by atoms with van der Waals surface area (Å²) in [5.74, 6) is 0.488. The molecule has 0 bridgehead atoms. The van der Waals surface area contributed by atoms with Crippen LogP contribution < -0.4 is 14.4 Å². The fraction of sp³-hybridized carbons (Fsp3) is 0.143. The van der Waals surface area contributed by atoms with E-state index in [-0.39, 0.29) is 9.77 Å². The maximum atomic E-state index is 13.3. The van der Waals surface area contributed by atoms with Gasteiger partial charge in [-0.1, -0.05) is 12.1 Å². The number of anilines is 2.